The number of aromatic hydroxyl groups is 2. The number of phenols is 2. The van der Waals surface area contributed by atoms with E-state index in [0.717, 1.165) is 12.8 Å². The van der Waals surface area contributed by atoms with Crippen molar-refractivity contribution in [2.75, 3.05) is 0 Å². The van der Waals surface area contributed by atoms with Crippen LogP contribution in [0.15, 0.2) is 18.2 Å². The van der Waals surface area contributed by atoms with Crippen LogP contribution in [0.4, 0.5) is 0 Å². The topological polar surface area (TPSA) is 69.6 Å². The summed E-state index contributed by atoms with van der Waals surface area (Å²) in [6, 6.07) is 4.12. The molecule has 2 saturated carbocycles. The quantitative estimate of drug-likeness (QED) is 0.733. The maximum absolute atomic E-state index is 12.5. The number of hydrogen-bond donors (Lipinski definition) is 3. The van der Waals surface area contributed by atoms with E-state index in [1.807, 2.05) is 0 Å². The Labute approximate surface area is 125 Å². The van der Waals surface area contributed by atoms with Gasteiger partial charge in [0.15, 0.2) is 0 Å². The molecule has 1 aromatic rings. The fourth-order valence-electron chi connectivity index (χ4n) is 4.58. The normalized spacial score (nSPS) is 33.1. The predicted octanol–water partition coefficient (Wildman–Crippen LogP) is 3.04. The van der Waals surface area contributed by atoms with E-state index in [0.29, 0.717) is 5.92 Å². The molecule has 114 valence electrons. The first-order valence-electron chi connectivity index (χ1n) is 7.57. The lowest BCUT2D eigenvalue weighted by atomic mass is 9.68. The molecule has 0 aliphatic heterocycles. The standard InChI is InChI=1S/C17H23NO3/c1-16(2)10-6-7-17(3,9-10)15(16)18-14(21)12-8-11(19)4-5-13(12)20/h4-5,8,10,15,19-20H,6-7,9H2,1-3H3,(H,18,21). The van der Waals surface area contributed by atoms with E-state index in [4.69, 9.17) is 0 Å². The third kappa shape index (κ3) is 2.08. The molecule has 3 rings (SSSR count). The van der Waals surface area contributed by atoms with E-state index in [-0.39, 0.29) is 39.8 Å². The predicted molar refractivity (Wildman–Crippen MR) is 80.3 cm³/mol. The highest BCUT2D eigenvalue weighted by molar-refractivity contribution is 5.97. The first kappa shape index (κ1) is 14.2. The molecular formula is C17H23NO3. The molecule has 3 N–H and O–H groups in total. The molecule has 2 bridgehead atoms. The molecule has 1 amide bonds. The number of hydrogen-bond acceptors (Lipinski definition) is 3. The average molecular weight is 289 g/mol. The second-order valence-electron chi connectivity index (χ2n) is 7.52. The highest BCUT2D eigenvalue weighted by atomic mass is 16.3. The molecule has 2 aliphatic carbocycles. The van der Waals surface area contributed by atoms with Gasteiger partial charge in [-0.2, -0.15) is 0 Å². The average Bonchev–Trinajstić information content (AvgIpc) is 2.88. The lowest BCUT2D eigenvalue weighted by Crippen LogP contribution is -2.52. The van der Waals surface area contributed by atoms with Crippen molar-refractivity contribution in [2.24, 2.45) is 16.7 Å². The van der Waals surface area contributed by atoms with Crippen molar-refractivity contribution >= 4 is 5.91 Å². The van der Waals surface area contributed by atoms with Gasteiger partial charge in [0, 0.05) is 6.04 Å². The van der Waals surface area contributed by atoms with Gasteiger partial charge < -0.3 is 15.5 Å². The fourth-order valence-corrected chi connectivity index (χ4v) is 4.58. The Morgan fingerprint density at radius 1 is 1.29 bits per heavy atom. The number of benzene rings is 1. The Hall–Kier alpha value is -1.71. The zero-order valence-electron chi connectivity index (χ0n) is 12.8. The number of phenolic OH excluding ortho intramolecular Hbond substituents is 2. The van der Waals surface area contributed by atoms with Crippen molar-refractivity contribution in [1.29, 1.82) is 0 Å². The maximum atomic E-state index is 12.5. The number of carbonyl (C=O) groups excluding carboxylic acids is 1. The third-order valence-electron chi connectivity index (χ3n) is 5.77. The number of amides is 1. The summed E-state index contributed by atoms with van der Waals surface area (Å²) in [6.45, 7) is 6.68. The minimum atomic E-state index is -0.310. The van der Waals surface area contributed by atoms with Crippen LogP contribution >= 0.6 is 0 Å². The summed E-state index contributed by atoms with van der Waals surface area (Å²) >= 11 is 0. The van der Waals surface area contributed by atoms with Crippen molar-refractivity contribution in [3.8, 4) is 11.5 Å². The Bertz CT molecular complexity index is 591. The molecule has 4 nitrogen and oxygen atoms in total. The third-order valence-corrected chi connectivity index (χ3v) is 5.77. The Morgan fingerprint density at radius 3 is 2.62 bits per heavy atom. The number of nitrogens with one attached hydrogen (secondary N) is 1. The zero-order chi connectivity index (χ0) is 15.4. The maximum Gasteiger partial charge on any atom is 0.255 e. The minimum Gasteiger partial charge on any atom is -0.508 e. The zero-order valence-corrected chi connectivity index (χ0v) is 12.8. The van der Waals surface area contributed by atoms with Crippen LogP contribution in [0.25, 0.3) is 0 Å². The summed E-state index contributed by atoms with van der Waals surface area (Å²) in [5, 5.41) is 22.5. The van der Waals surface area contributed by atoms with Crippen molar-refractivity contribution in [2.45, 2.75) is 46.1 Å². The van der Waals surface area contributed by atoms with Gasteiger partial charge >= 0.3 is 0 Å². The van der Waals surface area contributed by atoms with Crippen LogP contribution in [0.5, 0.6) is 11.5 Å². The smallest absolute Gasteiger partial charge is 0.255 e. The minimum absolute atomic E-state index is 0.0173. The highest BCUT2D eigenvalue weighted by Gasteiger charge is 2.59. The molecule has 0 radical (unpaired) electrons. The first-order chi connectivity index (χ1) is 9.74. The van der Waals surface area contributed by atoms with Crippen LogP contribution < -0.4 is 5.32 Å². The molecular weight excluding hydrogens is 266 g/mol. The van der Waals surface area contributed by atoms with Gasteiger partial charge in [-0.1, -0.05) is 20.8 Å². The van der Waals surface area contributed by atoms with E-state index >= 15 is 0 Å². The van der Waals surface area contributed by atoms with Gasteiger partial charge in [-0.3, -0.25) is 4.79 Å². The second kappa shape index (κ2) is 4.39. The van der Waals surface area contributed by atoms with Gasteiger partial charge in [0.2, 0.25) is 0 Å². The molecule has 0 heterocycles. The molecule has 4 heteroatoms. The fraction of sp³-hybridized carbons (Fsp3) is 0.588. The van der Waals surface area contributed by atoms with Crippen molar-refractivity contribution in [3.05, 3.63) is 23.8 Å². The Kier molecular flexibility index (Phi) is 2.98. The van der Waals surface area contributed by atoms with Crippen LogP contribution in [0.3, 0.4) is 0 Å². The van der Waals surface area contributed by atoms with Crippen LogP contribution in [0.2, 0.25) is 0 Å². The van der Waals surface area contributed by atoms with E-state index < -0.39 is 0 Å². The summed E-state index contributed by atoms with van der Waals surface area (Å²) in [4.78, 5) is 12.5. The molecule has 2 aliphatic rings. The molecule has 21 heavy (non-hydrogen) atoms. The monoisotopic (exact) mass is 289 g/mol. The van der Waals surface area contributed by atoms with Crippen molar-refractivity contribution in [3.63, 3.8) is 0 Å². The summed E-state index contributed by atoms with van der Waals surface area (Å²) in [7, 11) is 0. The van der Waals surface area contributed by atoms with E-state index in [2.05, 4.69) is 26.1 Å². The Balaban J connectivity index is 1.86. The van der Waals surface area contributed by atoms with Gasteiger partial charge in [-0.15, -0.1) is 0 Å². The number of fused-ring (bicyclic) bond motifs is 2. The van der Waals surface area contributed by atoms with Gasteiger partial charge in [0.1, 0.15) is 11.5 Å². The molecule has 3 atom stereocenters. The van der Waals surface area contributed by atoms with Gasteiger partial charge in [0.25, 0.3) is 5.91 Å². The largest absolute Gasteiger partial charge is 0.508 e. The van der Waals surface area contributed by atoms with Crippen LogP contribution in [-0.2, 0) is 0 Å². The SMILES string of the molecule is CC12CCC(C1)C(C)(C)C2NC(=O)c1cc(O)ccc1O. The summed E-state index contributed by atoms with van der Waals surface area (Å²) < 4.78 is 0. The van der Waals surface area contributed by atoms with Crippen molar-refractivity contribution in [1.82, 2.24) is 5.32 Å². The highest BCUT2D eigenvalue weighted by Crippen LogP contribution is 2.62. The molecule has 3 unspecified atom stereocenters. The van der Waals surface area contributed by atoms with E-state index in [9.17, 15) is 15.0 Å². The summed E-state index contributed by atoms with van der Waals surface area (Å²) in [5.41, 5.74) is 0.336. The van der Waals surface area contributed by atoms with E-state index in [1.165, 1.54) is 24.6 Å². The van der Waals surface area contributed by atoms with Gasteiger partial charge in [-0.25, -0.2) is 0 Å². The van der Waals surface area contributed by atoms with Crippen LogP contribution in [-0.4, -0.2) is 22.2 Å². The van der Waals surface area contributed by atoms with Crippen LogP contribution in [0, 0.1) is 16.7 Å². The first-order valence-corrected chi connectivity index (χ1v) is 7.57. The van der Waals surface area contributed by atoms with Gasteiger partial charge in [0.05, 0.1) is 5.56 Å². The Morgan fingerprint density at radius 2 is 2.00 bits per heavy atom. The molecule has 0 saturated heterocycles. The molecule has 0 aromatic heterocycles. The number of rotatable bonds is 2. The summed E-state index contributed by atoms with van der Waals surface area (Å²) in [6.07, 6.45) is 3.52. The van der Waals surface area contributed by atoms with Crippen molar-refractivity contribution < 1.29 is 15.0 Å². The van der Waals surface area contributed by atoms with E-state index in [1.54, 1.807) is 0 Å². The van der Waals surface area contributed by atoms with Crippen LogP contribution in [0.1, 0.15) is 50.4 Å². The molecule has 0 spiro atoms. The molecule has 2 fully saturated rings. The lowest BCUT2D eigenvalue weighted by Gasteiger charge is -2.43. The summed E-state index contributed by atoms with van der Waals surface area (Å²) in [5.74, 6) is 0.216. The molecule has 1 aromatic carbocycles. The van der Waals surface area contributed by atoms with Gasteiger partial charge in [-0.05, 0) is 54.2 Å². The number of carbonyl (C=O) groups is 1. The lowest BCUT2D eigenvalue weighted by molar-refractivity contribution is 0.0735. The second-order valence-corrected chi connectivity index (χ2v) is 7.52.